The van der Waals surface area contributed by atoms with E-state index in [9.17, 15) is 9.59 Å². The summed E-state index contributed by atoms with van der Waals surface area (Å²) in [4.78, 5) is 28.3. The van der Waals surface area contributed by atoms with Crippen LogP contribution in [0.4, 0.5) is 4.79 Å². The fourth-order valence-electron chi connectivity index (χ4n) is 2.80. The molecule has 3 rings (SSSR count). The van der Waals surface area contributed by atoms with Crippen molar-refractivity contribution in [1.82, 2.24) is 15.1 Å². The van der Waals surface area contributed by atoms with Crippen molar-refractivity contribution in [2.75, 3.05) is 26.2 Å². The second-order valence-corrected chi connectivity index (χ2v) is 6.31. The SMILES string of the molecule is O=C(NCc1ccccc1)N1CCN(C(=O)c2ccccc2Cl)CC1. The van der Waals surface area contributed by atoms with Crippen LogP contribution >= 0.6 is 11.6 Å². The van der Waals surface area contributed by atoms with Crippen LogP contribution in [0.2, 0.25) is 5.02 Å². The van der Waals surface area contributed by atoms with Gasteiger partial charge in [-0.1, -0.05) is 54.1 Å². The monoisotopic (exact) mass is 357 g/mol. The summed E-state index contributed by atoms with van der Waals surface area (Å²) in [5.41, 5.74) is 1.56. The maximum absolute atomic E-state index is 12.5. The second kappa shape index (κ2) is 8.03. The number of nitrogens with zero attached hydrogens (tertiary/aromatic N) is 2. The number of piperazine rings is 1. The number of carbonyl (C=O) groups is 2. The van der Waals surface area contributed by atoms with Crippen LogP contribution in [-0.2, 0) is 6.54 Å². The molecule has 3 amide bonds. The first-order valence-electron chi connectivity index (χ1n) is 8.25. The summed E-state index contributed by atoms with van der Waals surface area (Å²) in [6, 6.07) is 16.7. The average molecular weight is 358 g/mol. The van der Waals surface area contributed by atoms with Crippen LogP contribution < -0.4 is 5.32 Å². The number of nitrogens with one attached hydrogen (secondary N) is 1. The van der Waals surface area contributed by atoms with Gasteiger partial charge in [0.15, 0.2) is 0 Å². The third-order valence-corrected chi connectivity index (χ3v) is 4.57. The van der Waals surface area contributed by atoms with E-state index < -0.39 is 0 Å². The number of carbonyl (C=O) groups excluding carboxylic acids is 2. The molecule has 0 atom stereocenters. The van der Waals surface area contributed by atoms with Crippen molar-refractivity contribution in [1.29, 1.82) is 0 Å². The van der Waals surface area contributed by atoms with Gasteiger partial charge in [-0.2, -0.15) is 0 Å². The molecule has 2 aromatic rings. The molecule has 1 N–H and O–H groups in total. The minimum Gasteiger partial charge on any atom is -0.335 e. The highest BCUT2D eigenvalue weighted by atomic mass is 35.5. The van der Waals surface area contributed by atoms with Crippen LogP contribution in [0.3, 0.4) is 0 Å². The average Bonchev–Trinajstić information content (AvgIpc) is 2.67. The van der Waals surface area contributed by atoms with Gasteiger partial charge in [0.05, 0.1) is 10.6 Å². The van der Waals surface area contributed by atoms with E-state index in [0.29, 0.717) is 43.3 Å². The predicted octanol–water partition coefficient (Wildman–Crippen LogP) is 3.01. The van der Waals surface area contributed by atoms with Crippen LogP contribution in [0.1, 0.15) is 15.9 Å². The lowest BCUT2D eigenvalue weighted by molar-refractivity contribution is 0.0665. The topological polar surface area (TPSA) is 52.7 Å². The van der Waals surface area contributed by atoms with Crippen molar-refractivity contribution >= 4 is 23.5 Å². The molecule has 1 aliphatic heterocycles. The summed E-state index contributed by atoms with van der Waals surface area (Å²) >= 11 is 6.09. The third-order valence-electron chi connectivity index (χ3n) is 4.24. The Bertz CT molecular complexity index is 743. The summed E-state index contributed by atoms with van der Waals surface area (Å²) < 4.78 is 0. The molecule has 6 heteroatoms. The lowest BCUT2D eigenvalue weighted by atomic mass is 10.2. The largest absolute Gasteiger partial charge is 0.335 e. The van der Waals surface area contributed by atoms with Gasteiger partial charge in [-0.15, -0.1) is 0 Å². The van der Waals surface area contributed by atoms with Gasteiger partial charge in [0, 0.05) is 32.7 Å². The number of hydrogen-bond donors (Lipinski definition) is 1. The van der Waals surface area contributed by atoms with Crippen molar-refractivity contribution in [3.63, 3.8) is 0 Å². The van der Waals surface area contributed by atoms with E-state index in [1.165, 1.54) is 0 Å². The fourth-order valence-corrected chi connectivity index (χ4v) is 3.02. The molecule has 25 heavy (non-hydrogen) atoms. The Labute approximate surface area is 152 Å². The molecule has 0 aliphatic carbocycles. The molecule has 0 radical (unpaired) electrons. The first kappa shape index (κ1) is 17.3. The Hall–Kier alpha value is -2.53. The Morgan fingerprint density at radius 3 is 2.16 bits per heavy atom. The molecule has 130 valence electrons. The highest BCUT2D eigenvalue weighted by molar-refractivity contribution is 6.33. The molecule has 0 spiro atoms. The van der Waals surface area contributed by atoms with Crippen molar-refractivity contribution < 1.29 is 9.59 Å². The van der Waals surface area contributed by atoms with Crippen molar-refractivity contribution in [2.24, 2.45) is 0 Å². The molecule has 1 aliphatic rings. The van der Waals surface area contributed by atoms with Gasteiger partial charge in [-0.05, 0) is 17.7 Å². The van der Waals surface area contributed by atoms with Crippen molar-refractivity contribution in [3.8, 4) is 0 Å². The zero-order valence-corrected chi connectivity index (χ0v) is 14.6. The van der Waals surface area contributed by atoms with E-state index in [4.69, 9.17) is 11.6 Å². The first-order chi connectivity index (χ1) is 12.1. The number of halogens is 1. The third kappa shape index (κ3) is 4.31. The molecular formula is C19H20ClN3O2. The van der Waals surface area contributed by atoms with E-state index in [-0.39, 0.29) is 11.9 Å². The Kier molecular flexibility index (Phi) is 5.56. The minimum absolute atomic E-state index is 0.0880. The lowest BCUT2D eigenvalue weighted by Gasteiger charge is -2.34. The molecule has 0 bridgehead atoms. The number of amides is 3. The Morgan fingerprint density at radius 1 is 0.880 bits per heavy atom. The van der Waals surface area contributed by atoms with Crippen LogP contribution in [0.15, 0.2) is 54.6 Å². The predicted molar refractivity (Wildman–Crippen MR) is 97.6 cm³/mol. The molecule has 0 unspecified atom stereocenters. The highest BCUT2D eigenvalue weighted by Gasteiger charge is 2.25. The van der Waals surface area contributed by atoms with Crippen molar-refractivity contribution in [3.05, 3.63) is 70.7 Å². The summed E-state index contributed by atoms with van der Waals surface area (Å²) in [5, 5.41) is 3.37. The molecule has 0 saturated carbocycles. The van der Waals surface area contributed by atoms with E-state index in [1.807, 2.05) is 30.3 Å². The van der Waals surface area contributed by atoms with E-state index in [1.54, 1.807) is 34.1 Å². The molecule has 1 fully saturated rings. The molecule has 0 aromatic heterocycles. The van der Waals surface area contributed by atoms with Crippen LogP contribution in [0.5, 0.6) is 0 Å². The molecule has 5 nitrogen and oxygen atoms in total. The highest BCUT2D eigenvalue weighted by Crippen LogP contribution is 2.18. The van der Waals surface area contributed by atoms with Gasteiger partial charge in [0.2, 0.25) is 0 Å². The smallest absolute Gasteiger partial charge is 0.317 e. The van der Waals surface area contributed by atoms with Crippen LogP contribution in [0, 0.1) is 0 Å². The number of benzene rings is 2. The molecular weight excluding hydrogens is 338 g/mol. The maximum atomic E-state index is 12.5. The van der Waals surface area contributed by atoms with Gasteiger partial charge in [-0.25, -0.2) is 4.79 Å². The summed E-state index contributed by atoms with van der Waals surface area (Å²) in [6.07, 6.45) is 0. The normalized spacial score (nSPS) is 14.3. The number of hydrogen-bond acceptors (Lipinski definition) is 2. The summed E-state index contributed by atoms with van der Waals surface area (Å²) in [5.74, 6) is -0.0880. The maximum Gasteiger partial charge on any atom is 0.317 e. The second-order valence-electron chi connectivity index (χ2n) is 5.90. The zero-order chi connectivity index (χ0) is 17.6. The Balaban J connectivity index is 1.50. The molecule has 1 saturated heterocycles. The Morgan fingerprint density at radius 2 is 1.48 bits per heavy atom. The molecule has 2 aromatic carbocycles. The molecule has 1 heterocycles. The van der Waals surface area contributed by atoms with Crippen molar-refractivity contribution in [2.45, 2.75) is 6.54 Å². The summed E-state index contributed by atoms with van der Waals surface area (Å²) in [7, 11) is 0. The van der Waals surface area contributed by atoms with E-state index in [0.717, 1.165) is 5.56 Å². The number of rotatable bonds is 3. The van der Waals surface area contributed by atoms with E-state index in [2.05, 4.69) is 5.32 Å². The van der Waals surface area contributed by atoms with Gasteiger partial charge >= 0.3 is 6.03 Å². The van der Waals surface area contributed by atoms with Gasteiger partial charge in [-0.3, -0.25) is 4.79 Å². The fraction of sp³-hybridized carbons (Fsp3) is 0.263. The van der Waals surface area contributed by atoms with Crippen LogP contribution in [-0.4, -0.2) is 47.9 Å². The van der Waals surface area contributed by atoms with Gasteiger partial charge in [0.1, 0.15) is 0 Å². The van der Waals surface area contributed by atoms with E-state index >= 15 is 0 Å². The number of urea groups is 1. The standard InChI is InChI=1S/C19H20ClN3O2/c20-17-9-5-4-8-16(17)18(24)22-10-12-23(13-11-22)19(25)21-14-15-6-2-1-3-7-15/h1-9H,10-14H2,(H,21,25). The first-order valence-corrected chi connectivity index (χ1v) is 8.63. The minimum atomic E-state index is -0.103. The summed E-state index contributed by atoms with van der Waals surface area (Å²) in [6.45, 7) is 2.53. The van der Waals surface area contributed by atoms with Gasteiger partial charge in [0.25, 0.3) is 5.91 Å². The van der Waals surface area contributed by atoms with Gasteiger partial charge < -0.3 is 15.1 Å². The zero-order valence-electron chi connectivity index (χ0n) is 13.8. The quantitative estimate of drug-likeness (QED) is 0.918. The van der Waals surface area contributed by atoms with Crippen LogP contribution in [0.25, 0.3) is 0 Å². The lowest BCUT2D eigenvalue weighted by Crippen LogP contribution is -2.53.